The van der Waals surface area contributed by atoms with Gasteiger partial charge in [-0.15, -0.1) is 0 Å². The second-order valence-electron chi connectivity index (χ2n) is 5.93. The maximum atomic E-state index is 13.5. The zero-order valence-corrected chi connectivity index (χ0v) is 16.8. The van der Waals surface area contributed by atoms with E-state index in [-0.39, 0.29) is 18.7 Å². The molecule has 0 bridgehead atoms. The van der Waals surface area contributed by atoms with Crippen molar-refractivity contribution in [1.82, 2.24) is 5.43 Å². The molecule has 0 atom stereocenters. The second-order valence-corrected chi connectivity index (χ2v) is 6.79. The Hall–Kier alpha value is -2.81. The van der Waals surface area contributed by atoms with Gasteiger partial charge in [-0.3, -0.25) is 9.59 Å². The minimum atomic E-state index is -0.878. The summed E-state index contributed by atoms with van der Waals surface area (Å²) in [6.45, 7) is 3.18. The lowest BCUT2D eigenvalue weighted by Gasteiger charge is -2.08. The van der Waals surface area contributed by atoms with Crippen molar-refractivity contribution in [2.24, 2.45) is 5.10 Å². The van der Waals surface area contributed by atoms with Crippen LogP contribution in [0.15, 0.2) is 46.0 Å². The number of halogens is 3. The van der Waals surface area contributed by atoms with E-state index < -0.39 is 23.4 Å². The van der Waals surface area contributed by atoms with Crippen molar-refractivity contribution >= 4 is 39.1 Å². The Kier molecular flexibility index (Phi) is 7.62. The fraction of sp³-hybridized carbons (Fsp3) is 0.211. The topological polar surface area (TPSA) is 79.8 Å². The summed E-state index contributed by atoms with van der Waals surface area (Å²) < 4.78 is 32.7. The average Bonchev–Trinajstić information content (AvgIpc) is 2.63. The predicted octanol–water partition coefficient (Wildman–Crippen LogP) is 3.94. The Morgan fingerprint density at radius 3 is 2.57 bits per heavy atom. The zero-order valence-electron chi connectivity index (χ0n) is 15.2. The van der Waals surface area contributed by atoms with Crippen LogP contribution in [0.2, 0.25) is 0 Å². The smallest absolute Gasteiger partial charge is 0.277 e. The molecule has 0 fully saturated rings. The largest absolute Gasteiger partial charge is 0.484 e. The molecule has 0 aliphatic carbocycles. The van der Waals surface area contributed by atoms with Gasteiger partial charge in [-0.2, -0.15) is 5.10 Å². The van der Waals surface area contributed by atoms with Crippen LogP contribution >= 0.6 is 15.9 Å². The Bertz CT molecular complexity index is 919. The number of hydrazone groups is 1. The molecule has 6 nitrogen and oxygen atoms in total. The predicted molar refractivity (Wildman–Crippen MR) is 105 cm³/mol. The van der Waals surface area contributed by atoms with E-state index in [2.05, 4.69) is 31.8 Å². The molecule has 9 heteroatoms. The maximum Gasteiger partial charge on any atom is 0.277 e. The van der Waals surface area contributed by atoms with Gasteiger partial charge in [-0.25, -0.2) is 14.2 Å². The molecule has 2 aromatic rings. The first-order valence-electron chi connectivity index (χ1n) is 8.20. The number of benzene rings is 2. The Balaban J connectivity index is 1.79. The van der Waals surface area contributed by atoms with Gasteiger partial charge in [0.25, 0.3) is 5.91 Å². The van der Waals surface area contributed by atoms with Gasteiger partial charge in [0.1, 0.15) is 17.4 Å². The molecule has 0 saturated carbocycles. The van der Waals surface area contributed by atoms with Crippen LogP contribution in [0, 0.1) is 18.6 Å². The van der Waals surface area contributed by atoms with Gasteiger partial charge in [-0.1, -0.05) is 15.9 Å². The lowest BCUT2D eigenvalue weighted by Crippen LogP contribution is -2.26. The van der Waals surface area contributed by atoms with Gasteiger partial charge in [0, 0.05) is 16.3 Å². The van der Waals surface area contributed by atoms with Gasteiger partial charge in [0.2, 0.25) is 5.91 Å². The summed E-state index contributed by atoms with van der Waals surface area (Å²) in [5.41, 5.74) is 3.41. The molecule has 0 radical (unpaired) electrons. The SMILES string of the molecule is C/C(CC(=O)Nc1ccc(F)cc1F)=N\NC(=O)COc1ccc(Br)c(C)c1. The van der Waals surface area contributed by atoms with Gasteiger partial charge >= 0.3 is 0 Å². The number of nitrogens with one attached hydrogen (secondary N) is 2. The minimum absolute atomic E-state index is 0.138. The fourth-order valence-corrected chi connectivity index (χ4v) is 2.35. The molecule has 0 saturated heterocycles. The van der Waals surface area contributed by atoms with E-state index in [1.807, 2.05) is 13.0 Å². The number of nitrogens with zero attached hydrogens (tertiary/aromatic N) is 1. The molecule has 0 unspecified atom stereocenters. The lowest BCUT2D eigenvalue weighted by atomic mass is 10.2. The van der Waals surface area contributed by atoms with E-state index in [0.717, 1.165) is 22.2 Å². The number of amides is 2. The van der Waals surface area contributed by atoms with E-state index in [1.54, 1.807) is 12.1 Å². The fourth-order valence-electron chi connectivity index (χ4n) is 2.10. The second kappa shape index (κ2) is 9.93. The van der Waals surface area contributed by atoms with Crippen molar-refractivity contribution < 1.29 is 23.1 Å². The third kappa shape index (κ3) is 6.73. The highest BCUT2D eigenvalue weighted by Gasteiger charge is 2.10. The molecule has 2 aromatic carbocycles. The number of aryl methyl sites for hydroxylation is 1. The zero-order chi connectivity index (χ0) is 20.7. The van der Waals surface area contributed by atoms with Crippen molar-refractivity contribution in [2.45, 2.75) is 20.3 Å². The highest BCUT2D eigenvalue weighted by molar-refractivity contribution is 9.10. The molecule has 148 valence electrons. The van der Waals surface area contributed by atoms with E-state index in [9.17, 15) is 18.4 Å². The van der Waals surface area contributed by atoms with Crippen LogP contribution < -0.4 is 15.5 Å². The normalized spacial score (nSPS) is 11.1. The highest BCUT2D eigenvalue weighted by Crippen LogP contribution is 2.21. The summed E-state index contributed by atoms with van der Waals surface area (Å²) in [4.78, 5) is 23.7. The summed E-state index contributed by atoms with van der Waals surface area (Å²) in [5.74, 6) is -2.13. The lowest BCUT2D eigenvalue weighted by molar-refractivity contribution is -0.123. The number of hydrogen-bond acceptors (Lipinski definition) is 4. The van der Waals surface area contributed by atoms with Crippen LogP contribution in [-0.4, -0.2) is 24.1 Å². The number of ether oxygens (including phenoxy) is 1. The van der Waals surface area contributed by atoms with Crippen molar-refractivity contribution in [3.05, 3.63) is 58.1 Å². The van der Waals surface area contributed by atoms with Gasteiger partial charge in [0.05, 0.1) is 12.1 Å². The maximum absolute atomic E-state index is 13.5. The number of rotatable bonds is 7. The molecular weight excluding hydrogens is 436 g/mol. The Labute approximate surface area is 169 Å². The first-order chi connectivity index (χ1) is 13.2. The molecule has 2 amide bonds. The number of anilines is 1. The first-order valence-corrected chi connectivity index (χ1v) is 8.99. The third-order valence-corrected chi connectivity index (χ3v) is 4.38. The van der Waals surface area contributed by atoms with Crippen LogP contribution in [0.3, 0.4) is 0 Å². The summed E-state index contributed by atoms with van der Waals surface area (Å²) in [5, 5.41) is 6.11. The quantitative estimate of drug-likeness (QED) is 0.492. The molecule has 2 rings (SSSR count). The van der Waals surface area contributed by atoms with Crippen molar-refractivity contribution in [2.75, 3.05) is 11.9 Å². The molecule has 0 spiro atoms. The molecule has 28 heavy (non-hydrogen) atoms. The number of carbonyl (C=O) groups is 2. The van der Waals surface area contributed by atoms with Crippen molar-refractivity contribution in [3.63, 3.8) is 0 Å². The third-order valence-electron chi connectivity index (χ3n) is 3.49. The van der Waals surface area contributed by atoms with Crippen molar-refractivity contribution in [3.8, 4) is 5.75 Å². The standard InChI is InChI=1S/C19H18BrF2N3O3/c1-11-7-14(4-5-15(11)20)28-10-19(27)25-24-12(2)8-18(26)23-17-6-3-13(21)9-16(17)22/h3-7,9H,8,10H2,1-2H3,(H,23,26)(H,25,27)/b24-12+. The Morgan fingerprint density at radius 1 is 1.14 bits per heavy atom. The van der Waals surface area contributed by atoms with E-state index in [1.165, 1.54) is 6.92 Å². The summed E-state index contributed by atoms with van der Waals surface area (Å²) >= 11 is 3.37. The van der Waals surface area contributed by atoms with Crippen LogP contribution in [-0.2, 0) is 9.59 Å². The van der Waals surface area contributed by atoms with Crippen LogP contribution in [0.1, 0.15) is 18.9 Å². The van der Waals surface area contributed by atoms with Gasteiger partial charge in [-0.05, 0) is 49.7 Å². The van der Waals surface area contributed by atoms with Gasteiger partial charge in [0.15, 0.2) is 6.61 Å². The minimum Gasteiger partial charge on any atom is -0.484 e. The van der Waals surface area contributed by atoms with Crippen LogP contribution in [0.5, 0.6) is 5.75 Å². The number of carbonyl (C=O) groups excluding carboxylic acids is 2. The molecule has 0 heterocycles. The molecule has 0 aliphatic heterocycles. The molecule has 0 aliphatic rings. The number of hydrogen-bond donors (Lipinski definition) is 2. The van der Waals surface area contributed by atoms with E-state index >= 15 is 0 Å². The Morgan fingerprint density at radius 2 is 1.89 bits per heavy atom. The van der Waals surface area contributed by atoms with E-state index in [4.69, 9.17) is 4.74 Å². The van der Waals surface area contributed by atoms with E-state index in [0.29, 0.717) is 17.5 Å². The van der Waals surface area contributed by atoms with Crippen LogP contribution in [0.4, 0.5) is 14.5 Å². The summed E-state index contributed by atoms with van der Waals surface area (Å²) in [7, 11) is 0. The highest BCUT2D eigenvalue weighted by atomic mass is 79.9. The molecule has 0 aromatic heterocycles. The van der Waals surface area contributed by atoms with Crippen molar-refractivity contribution in [1.29, 1.82) is 0 Å². The average molecular weight is 454 g/mol. The molecule has 2 N–H and O–H groups in total. The monoisotopic (exact) mass is 453 g/mol. The summed E-state index contributed by atoms with van der Waals surface area (Å²) in [6, 6.07) is 8.14. The first kappa shape index (κ1) is 21.5. The van der Waals surface area contributed by atoms with Gasteiger partial charge < -0.3 is 10.1 Å². The van der Waals surface area contributed by atoms with Crippen LogP contribution in [0.25, 0.3) is 0 Å². The molecular formula is C19H18BrF2N3O3. The summed E-state index contributed by atoms with van der Waals surface area (Å²) in [6.07, 6.45) is -0.177.